The Bertz CT molecular complexity index is 1390. The first-order valence-electron chi connectivity index (χ1n) is 10.8. The number of fused-ring (bicyclic) bond motifs is 1. The minimum absolute atomic E-state index is 0.0485. The first-order chi connectivity index (χ1) is 17.6. The van der Waals surface area contributed by atoms with Crippen LogP contribution >= 0.6 is 11.6 Å². The molecule has 13 nitrogen and oxygen atoms in total. The number of hydrogen-bond donors (Lipinski definition) is 1. The predicted octanol–water partition coefficient (Wildman–Crippen LogP) is 4.53. The fourth-order valence-electron chi connectivity index (χ4n) is 4.41. The van der Waals surface area contributed by atoms with Gasteiger partial charge in [0.25, 0.3) is 5.69 Å². The molecule has 0 bridgehead atoms. The summed E-state index contributed by atoms with van der Waals surface area (Å²) >= 11 is 6.46. The lowest BCUT2D eigenvalue weighted by Gasteiger charge is -2.37. The molecule has 14 heteroatoms. The Morgan fingerprint density at radius 1 is 1.11 bits per heavy atom. The molecule has 2 aromatic carbocycles. The lowest BCUT2D eigenvalue weighted by molar-refractivity contribution is -0.393. The van der Waals surface area contributed by atoms with Gasteiger partial charge in [-0.15, -0.1) is 0 Å². The van der Waals surface area contributed by atoms with Crippen molar-refractivity contribution in [2.75, 3.05) is 26.8 Å². The summed E-state index contributed by atoms with van der Waals surface area (Å²) in [5.41, 5.74) is 0.583. The third-order valence-corrected chi connectivity index (χ3v) is 6.58. The number of hydrazone groups is 1. The molecule has 1 heterocycles. The molecule has 0 fully saturated rings. The summed E-state index contributed by atoms with van der Waals surface area (Å²) in [5, 5.41) is 26.7. The number of nitrogens with one attached hydrogen (secondary N) is 1. The maximum Gasteiger partial charge on any atom is 0.301 e. The van der Waals surface area contributed by atoms with E-state index in [9.17, 15) is 25.0 Å². The molecule has 1 aliphatic heterocycles. The summed E-state index contributed by atoms with van der Waals surface area (Å²) in [7, 11) is 4.21. The summed E-state index contributed by atoms with van der Waals surface area (Å²) in [6.45, 7) is 1.76. The third kappa shape index (κ3) is 4.06. The zero-order valence-corrected chi connectivity index (χ0v) is 20.8. The van der Waals surface area contributed by atoms with Crippen LogP contribution in [0.1, 0.15) is 23.7 Å². The van der Waals surface area contributed by atoms with Gasteiger partial charge in [0.15, 0.2) is 5.75 Å². The fraction of sp³-hybridized carbons (Fsp3) is 0.304. The van der Waals surface area contributed by atoms with Gasteiger partial charge in [-0.05, 0) is 12.5 Å². The number of carbonyl (C=O) groups excluding carboxylic acids is 1. The van der Waals surface area contributed by atoms with Crippen LogP contribution < -0.4 is 19.6 Å². The molecule has 37 heavy (non-hydrogen) atoms. The van der Waals surface area contributed by atoms with Crippen molar-refractivity contribution in [3.63, 3.8) is 0 Å². The van der Waals surface area contributed by atoms with Crippen molar-refractivity contribution in [1.29, 1.82) is 0 Å². The zero-order chi connectivity index (χ0) is 27.1. The number of non-ortho nitro benzene ring substituents is 1. The van der Waals surface area contributed by atoms with E-state index in [1.807, 2.05) is 0 Å². The summed E-state index contributed by atoms with van der Waals surface area (Å²) < 4.78 is 22.5. The minimum atomic E-state index is -1.56. The topological polar surface area (TPSA) is 165 Å². The van der Waals surface area contributed by atoms with Crippen molar-refractivity contribution < 1.29 is 33.6 Å². The summed E-state index contributed by atoms with van der Waals surface area (Å²) in [5.74, 6) is -0.188. The zero-order valence-electron chi connectivity index (χ0n) is 20.1. The quantitative estimate of drug-likeness (QED) is 0.395. The molecule has 1 spiro atoms. The van der Waals surface area contributed by atoms with E-state index < -0.39 is 38.5 Å². The van der Waals surface area contributed by atoms with Gasteiger partial charge in [0.05, 0.1) is 43.0 Å². The van der Waals surface area contributed by atoms with Crippen molar-refractivity contribution in [3.05, 3.63) is 66.9 Å². The number of ether oxygens (including phenoxy) is 4. The molecule has 4 rings (SSSR count). The van der Waals surface area contributed by atoms with Crippen LogP contribution in [-0.4, -0.2) is 48.3 Å². The van der Waals surface area contributed by atoms with Crippen LogP contribution in [0.3, 0.4) is 0 Å². The number of nitrogens with zero attached hydrogens (tertiary/aromatic N) is 3. The first-order valence-corrected chi connectivity index (χ1v) is 11.2. The SMILES string of the molecule is COC1=CC(=NNc2ccc([N+](=O)[O-])cc2[N+](=O)[O-])CC(C)C12Oc1c(Cl)c(OC)cc(OC)c1C2=O. The van der Waals surface area contributed by atoms with Crippen LogP contribution in [0.4, 0.5) is 17.1 Å². The van der Waals surface area contributed by atoms with Crippen LogP contribution in [0.2, 0.25) is 5.02 Å². The number of halogens is 1. The number of nitro benzene ring substituents is 2. The molecule has 0 radical (unpaired) electrons. The van der Waals surface area contributed by atoms with Crippen LogP contribution in [0.15, 0.2) is 41.2 Å². The monoisotopic (exact) mass is 532 g/mol. The predicted molar refractivity (Wildman–Crippen MR) is 132 cm³/mol. The van der Waals surface area contributed by atoms with Crippen molar-refractivity contribution in [1.82, 2.24) is 0 Å². The molecular formula is C23H21ClN4O9. The summed E-state index contributed by atoms with van der Waals surface area (Å²) in [6, 6.07) is 4.65. The molecule has 2 aromatic rings. The smallest absolute Gasteiger partial charge is 0.301 e. The van der Waals surface area contributed by atoms with Gasteiger partial charge >= 0.3 is 5.69 Å². The lowest BCUT2D eigenvalue weighted by atomic mass is 9.75. The minimum Gasteiger partial charge on any atom is -0.496 e. The Hall–Kier alpha value is -4.39. The average Bonchev–Trinajstić information content (AvgIpc) is 3.19. The maximum absolute atomic E-state index is 13.8. The molecular weight excluding hydrogens is 512 g/mol. The molecule has 2 unspecified atom stereocenters. The van der Waals surface area contributed by atoms with Gasteiger partial charge in [0.1, 0.15) is 33.5 Å². The van der Waals surface area contributed by atoms with Gasteiger partial charge < -0.3 is 18.9 Å². The largest absolute Gasteiger partial charge is 0.496 e. The van der Waals surface area contributed by atoms with Gasteiger partial charge in [-0.25, -0.2) is 0 Å². The van der Waals surface area contributed by atoms with Gasteiger partial charge in [0.2, 0.25) is 11.4 Å². The maximum atomic E-state index is 13.8. The number of hydrogen-bond acceptors (Lipinski definition) is 11. The van der Waals surface area contributed by atoms with Gasteiger partial charge in [-0.1, -0.05) is 18.5 Å². The summed E-state index contributed by atoms with van der Waals surface area (Å²) in [4.78, 5) is 34.7. The Morgan fingerprint density at radius 3 is 2.41 bits per heavy atom. The van der Waals surface area contributed by atoms with Crippen molar-refractivity contribution in [2.24, 2.45) is 11.0 Å². The van der Waals surface area contributed by atoms with E-state index in [0.29, 0.717) is 5.71 Å². The molecule has 0 aromatic heterocycles. The number of rotatable bonds is 7. The lowest BCUT2D eigenvalue weighted by Crippen LogP contribution is -2.51. The third-order valence-electron chi connectivity index (χ3n) is 6.22. The number of benzene rings is 2. The number of anilines is 1. The second kappa shape index (κ2) is 9.58. The molecule has 1 aliphatic carbocycles. The average molecular weight is 533 g/mol. The van der Waals surface area contributed by atoms with Gasteiger partial charge in [-0.2, -0.15) is 5.10 Å². The molecule has 2 aliphatic rings. The van der Waals surface area contributed by atoms with E-state index >= 15 is 0 Å². The highest BCUT2D eigenvalue weighted by molar-refractivity contribution is 6.35. The van der Waals surface area contributed by atoms with Gasteiger partial charge in [-0.3, -0.25) is 30.4 Å². The molecule has 1 N–H and O–H groups in total. The second-order valence-electron chi connectivity index (χ2n) is 8.21. The van der Waals surface area contributed by atoms with Crippen LogP contribution in [0.25, 0.3) is 0 Å². The Morgan fingerprint density at radius 2 is 1.81 bits per heavy atom. The van der Waals surface area contributed by atoms with E-state index in [4.69, 9.17) is 30.5 Å². The van der Waals surface area contributed by atoms with E-state index in [-0.39, 0.29) is 45.7 Å². The van der Waals surface area contributed by atoms with E-state index in [1.54, 1.807) is 6.92 Å². The highest BCUT2D eigenvalue weighted by Crippen LogP contribution is 2.54. The van der Waals surface area contributed by atoms with Crippen LogP contribution in [-0.2, 0) is 4.74 Å². The highest BCUT2D eigenvalue weighted by atomic mass is 35.5. The molecule has 2 atom stereocenters. The second-order valence-corrected chi connectivity index (χ2v) is 8.59. The number of carbonyl (C=O) groups is 1. The first kappa shape index (κ1) is 25.7. The standard InChI is InChI=1S/C23H21ClN4O9/c1-11-7-12(25-26-14-6-5-13(27(30)31)9-15(14)28(32)33)8-18(36-4)23(11)22(29)19-16(34-2)10-17(35-3)20(24)21(19)37-23/h5-6,8-11,26H,7H2,1-4H3. The molecule has 194 valence electrons. The van der Waals surface area contributed by atoms with Crippen LogP contribution in [0, 0.1) is 26.1 Å². The van der Waals surface area contributed by atoms with Gasteiger partial charge in [0, 0.05) is 24.1 Å². The van der Waals surface area contributed by atoms with E-state index in [2.05, 4.69) is 10.5 Å². The Labute approximate surface area is 214 Å². The van der Waals surface area contributed by atoms with Crippen LogP contribution in [0.5, 0.6) is 17.2 Å². The molecule has 0 amide bonds. The van der Waals surface area contributed by atoms with Crippen molar-refractivity contribution in [3.8, 4) is 17.2 Å². The number of allylic oxidation sites excluding steroid dienone is 1. The normalized spacial score (nSPS) is 21.2. The Kier molecular flexibility index (Phi) is 6.65. The number of nitro groups is 2. The number of ketones is 1. The van der Waals surface area contributed by atoms with Crippen molar-refractivity contribution in [2.45, 2.75) is 18.9 Å². The highest BCUT2D eigenvalue weighted by Gasteiger charge is 2.59. The molecule has 0 saturated heterocycles. The number of methoxy groups -OCH3 is 3. The Balaban J connectivity index is 1.73. The fourth-order valence-corrected chi connectivity index (χ4v) is 4.67. The molecule has 0 saturated carbocycles. The summed E-state index contributed by atoms with van der Waals surface area (Å²) in [6.07, 6.45) is 1.70. The number of Topliss-reactive ketones (excluding diaryl/α,β-unsaturated/α-hetero) is 1. The van der Waals surface area contributed by atoms with E-state index in [0.717, 1.165) is 12.1 Å². The van der Waals surface area contributed by atoms with Crippen molar-refractivity contribution >= 4 is 40.2 Å². The van der Waals surface area contributed by atoms with E-state index in [1.165, 1.54) is 39.5 Å².